The molecule has 1 aliphatic heterocycles. The fraction of sp³-hybridized carbons (Fsp3) is 0.500. The van der Waals surface area contributed by atoms with Crippen LogP contribution in [0.25, 0.3) is 0 Å². The summed E-state index contributed by atoms with van der Waals surface area (Å²) in [5, 5.41) is 5.70. The molecule has 0 saturated carbocycles. The minimum absolute atomic E-state index is 0.156. The molecular weight excluding hydrogens is 234 g/mol. The molecule has 6 heteroatoms. The van der Waals surface area contributed by atoms with Gasteiger partial charge in [-0.3, -0.25) is 9.59 Å². The number of likely N-dealkylation sites (N-methyl/N-ethyl adjacent to an activating group) is 1. The molecule has 2 heterocycles. The predicted octanol–water partition coefficient (Wildman–Crippen LogP) is -0.252. The molecule has 18 heavy (non-hydrogen) atoms. The molecule has 0 aromatic carbocycles. The number of nitrogens with zero attached hydrogens (tertiary/aromatic N) is 1. The van der Waals surface area contributed by atoms with Crippen molar-refractivity contribution in [2.75, 3.05) is 26.7 Å². The number of rotatable bonds is 2. The molecule has 2 N–H and O–H groups in total. The molecule has 1 saturated heterocycles. The van der Waals surface area contributed by atoms with Crippen LogP contribution < -0.4 is 10.6 Å². The largest absolute Gasteiger partial charge is 0.469 e. The fourth-order valence-electron chi connectivity index (χ4n) is 2.11. The lowest BCUT2D eigenvalue weighted by Crippen LogP contribution is -2.59. The van der Waals surface area contributed by atoms with Crippen molar-refractivity contribution in [3.63, 3.8) is 0 Å². The van der Waals surface area contributed by atoms with Crippen LogP contribution in [-0.2, 0) is 4.79 Å². The van der Waals surface area contributed by atoms with Gasteiger partial charge in [0.2, 0.25) is 5.91 Å². The van der Waals surface area contributed by atoms with Crippen molar-refractivity contribution in [1.29, 1.82) is 0 Å². The van der Waals surface area contributed by atoms with Crippen LogP contribution in [0.1, 0.15) is 16.1 Å². The highest BCUT2D eigenvalue weighted by Crippen LogP contribution is 2.15. The highest BCUT2D eigenvalue weighted by atomic mass is 16.3. The molecule has 1 fully saturated rings. The lowest BCUT2D eigenvalue weighted by atomic mass is 10.1. The maximum atomic E-state index is 12.4. The Kier molecular flexibility index (Phi) is 3.66. The first-order chi connectivity index (χ1) is 8.65. The van der Waals surface area contributed by atoms with Crippen molar-refractivity contribution in [2.24, 2.45) is 0 Å². The van der Waals surface area contributed by atoms with Crippen LogP contribution in [-0.4, -0.2) is 49.4 Å². The average molecular weight is 251 g/mol. The summed E-state index contributed by atoms with van der Waals surface area (Å²) in [6.07, 6.45) is 1.49. The first-order valence-corrected chi connectivity index (χ1v) is 5.92. The van der Waals surface area contributed by atoms with E-state index in [1.807, 2.05) is 0 Å². The zero-order valence-corrected chi connectivity index (χ0v) is 10.5. The highest BCUT2D eigenvalue weighted by Gasteiger charge is 2.32. The zero-order chi connectivity index (χ0) is 13.1. The van der Waals surface area contributed by atoms with Gasteiger partial charge < -0.3 is 20.0 Å². The summed E-state index contributed by atoms with van der Waals surface area (Å²) >= 11 is 0. The number of nitrogens with one attached hydrogen (secondary N) is 2. The van der Waals surface area contributed by atoms with E-state index in [1.54, 1.807) is 24.9 Å². The van der Waals surface area contributed by atoms with E-state index in [0.717, 1.165) is 0 Å². The predicted molar refractivity (Wildman–Crippen MR) is 65.2 cm³/mol. The van der Waals surface area contributed by atoms with Crippen molar-refractivity contribution in [1.82, 2.24) is 15.5 Å². The number of carbonyl (C=O) groups excluding carboxylic acids is 2. The fourth-order valence-corrected chi connectivity index (χ4v) is 2.11. The van der Waals surface area contributed by atoms with Crippen LogP contribution in [0, 0.1) is 6.92 Å². The summed E-state index contributed by atoms with van der Waals surface area (Å²) in [7, 11) is 1.57. The van der Waals surface area contributed by atoms with Gasteiger partial charge in [-0.05, 0) is 13.0 Å². The van der Waals surface area contributed by atoms with Gasteiger partial charge in [0, 0.05) is 26.7 Å². The Morgan fingerprint density at radius 3 is 2.94 bits per heavy atom. The first-order valence-electron chi connectivity index (χ1n) is 5.92. The quantitative estimate of drug-likeness (QED) is 0.760. The maximum Gasteiger partial charge on any atom is 0.258 e. The van der Waals surface area contributed by atoms with E-state index in [9.17, 15) is 9.59 Å². The molecule has 6 nitrogen and oxygen atoms in total. The molecular formula is C12H17N3O3. The number of carbonyl (C=O) groups is 2. The van der Waals surface area contributed by atoms with Crippen molar-refractivity contribution in [2.45, 2.75) is 13.0 Å². The van der Waals surface area contributed by atoms with Gasteiger partial charge in [-0.15, -0.1) is 0 Å². The van der Waals surface area contributed by atoms with Crippen LogP contribution in [0.2, 0.25) is 0 Å². The van der Waals surface area contributed by atoms with Crippen LogP contribution in [0.15, 0.2) is 16.7 Å². The third kappa shape index (κ3) is 2.24. The molecule has 1 unspecified atom stereocenters. The Hall–Kier alpha value is -1.82. The summed E-state index contributed by atoms with van der Waals surface area (Å²) in [5.74, 6) is 0.266. The number of hydrogen-bond acceptors (Lipinski definition) is 4. The zero-order valence-electron chi connectivity index (χ0n) is 10.5. The Morgan fingerprint density at radius 1 is 1.56 bits per heavy atom. The summed E-state index contributed by atoms with van der Waals surface area (Å²) in [6.45, 7) is 3.42. The second-order valence-corrected chi connectivity index (χ2v) is 4.22. The third-order valence-electron chi connectivity index (χ3n) is 3.14. The Labute approximate surface area is 105 Å². The number of aryl methyl sites for hydroxylation is 1. The standard InChI is InChI=1S/C12H17N3O3/c1-8-9(3-6-18-8)12(17)15-5-4-14-7-10(15)11(16)13-2/h3,6,10,14H,4-5,7H2,1-2H3,(H,13,16). The van der Waals surface area contributed by atoms with Gasteiger partial charge in [0.05, 0.1) is 11.8 Å². The second-order valence-electron chi connectivity index (χ2n) is 4.22. The molecule has 1 aromatic rings. The number of piperazine rings is 1. The van der Waals surface area contributed by atoms with E-state index in [1.165, 1.54) is 6.26 Å². The van der Waals surface area contributed by atoms with Crippen molar-refractivity contribution in [3.05, 3.63) is 23.7 Å². The lowest BCUT2D eigenvalue weighted by Gasteiger charge is -2.34. The van der Waals surface area contributed by atoms with Crippen molar-refractivity contribution >= 4 is 11.8 Å². The summed E-state index contributed by atoms with van der Waals surface area (Å²) in [4.78, 5) is 25.7. The van der Waals surface area contributed by atoms with Gasteiger partial charge in [-0.25, -0.2) is 0 Å². The summed E-state index contributed by atoms with van der Waals surface area (Å²) in [6, 6.07) is 1.17. The molecule has 98 valence electrons. The van der Waals surface area contributed by atoms with Gasteiger partial charge in [0.1, 0.15) is 11.8 Å². The molecule has 0 radical (unpaired) electrons. The molecule has 0 spiro atoms. The average Bonchev–Trinajstić information content (AvgIpc) is 2.83. The van der Waals surface area contributed by atoms with Crippen LogP contribution >= 0.6 is 0 Å². The first kappa shape index (κ1) is 12.6. The maximum absolute atomic E-state index is 12.4. The minimum atomic E-state index is -0.467. The molecule has 1 atom stereocenters. The second kappa shape index (κ2) is 5.22. The van der Waals surface area contributed by atoms with Crippen LogP contribution in [0.4, 0.5) is 0 Å². The number of amides is 2. The molecule has 0 bridgehead atoms. The Bertz CT molecular complexity index is 455. The molecule has 2 rings (SSSR count). The summed E-state index contributed by atoms with van der Waals surface area (Å²) < 4.78 is 5.13. The smallest absolute Gasteiger partial charge is 0.258 e. The van der Waals surface area contributed by atoms with E-state index in [-0.39, 0.29) is 11.8 Å². The summed E-state index contributed by atoms with van der Waals surface area (Å²) in [5.41, 5.74) is 0.519. The van der Waals surface area contributed by atoms with Gasteiger partial charge in [0.15, 0.2) is 0 Å². The third-order valence-corrected chi connectivity index (χ3v) is 3.14. The SMILES string of the molecule is CNC(=O)C1CNCCN1C(=O)c1ccoc1C. The minimum Gasteiger partial charge on any atom is -0.469 e. The number of furan rings is 1. The normalized spacial score (nSPS) is 19.7. The van der Waals surface area contributed by atoms with E-state index >= 15 is 0 Å². The van der Waals surface area contributed by atoms with Gasteiger partial charge >= 0.3 is 0 Å². The van der Waals surface area contributed by atoms with E-state index in [2.05, 4.69) is 10.6 Å². The lowest BCUT2D eigenvalue weighted by molar-refractivity contribution is -0.125. The highest BCUT2D eigenvalue weighted by molar-refractivity contribution is 5.98. The van der Waals surface area contributed by atoms with E-state index < -0.39 is 6.04 Å². The van der Waals surface area contributed by atoms with E-state index in [0.29, 0.717) is 31.0 Å². The number of hydrogen-bond donors (Lipinski definition) is 2. The monoisotopic (exact) mass is 251 g/mol. The van der Waals surface area contributed by atoms with E-state index in [4.69, 9.17) is 4.42 Å². The van der Waals surface area contributed by atoms with Crippen molar-refractivity contribution in [3.8, 4) is 0 Å². The topological polar surface area (TPSA) is 74.6 Å². The van der Waals surface area contributed by atoms with Crippen LogP contribution in [0.3, 0.4) is 0 Å². The molecule has 1 aromatic heterocycles. The van der Waals surface area contributed by atoms with Crippen LogP contribution in [0.5, 0.6) is 0 Å². The molecule has 1 aliphatic rings. The Balaban J connectivity index is 2.21. The molecule has 0 aliphatic carbocycles. The van der Waals surface area contributed by atoms with Crippen molar-refractivity contribution < 1.29 is 14.0 Å². The molecule has 2 amide bonds. The van der Waals surface area contributed by atoms with Gasteiger partial charge in [-0.2, -0.15) is 0 Å². The van der Waals surface area contributed by atoms with Gasteiger partial charge in [0.25, 0.3) is 5.91 Å². The Morgan fingerprint density at radius 2 is 2.33 bits per heavy atom. The van der Waals surface area contributed by atoms with Gasteiger partial charge in [-0.1, -0.05) is 0 Å².